The number of halogens is 2. The highest BCUT2D eigenvalue weighted by atomic mass is 35.5. The van der Waals surface area contributed by atoms with E-state index < -0.39 is 11.8 Å². The zero-order valence-corrected chi connectivity index (χ0v) is 15.3. The molecule has 2 aromatic carbocycles. The molecular weight excluding hydrogens is 371 g/mol. The zero-order valence-electron chi connectivity index (χ0n) is 13.8. The number of nitrogens with one attached hydrogen (secondary N) is 1. The molecule has 0 saturated heterocycles. The second kappa shape index (κ2) is 6.78. The number of benzene rings is 2. The van der Waals surface area contributed by atoms with Crippen molar-refractivity contribution in [2.45, 2.75) is 25.4 Å². The van der Waals surface area contributed by atoms with E-state index >= 15 is 0 Å². The number of carbonyl (C=O) groups is 2. The number of amides is 2. The lowest BCUT2D eigenvalue weighted by atomic mass is 9.97. The third-order valence-electron chi connectivity index (χ3n) is 4.65. The average molecular weight is 387 g/mol. The van der Waals surface area contributed by atoms with E-state index in [1.807, 2.05) is 24.4 Å². The molecule has 1 N–H and O–H groups in total. The fourth-order valence-corrected chi connectivity index (χ4v) is 3.40. The van der Waals surface area contributed by atoms with Crippen LogP contribution in [0.1, 0.15) is 44.7 Å². The van der Waals surface area contributed by atoms with Crippen LogP contribution < -0.4 is 5.32 Å². The van der Waals surface area contributed by atoms with Crippen LogP contribution in [0.25, 0.3) is 6.08 Å². The predicted octanol–water partition coefficient (Wildman–Crippen LogP) is 4.51. The first-order chi connectivity index (χ1) is 12.5. The normalized spacial score (nSPS) is 15.5. The maximum atomic E-state index is 12.6. The van der Waals surface area contributed by atoms with Crippen LogP contribution in [0.5, 0.6) is 0 Å². The van der Waals surface area contributed by atoms with Crippen molar-refractivity contribution in [1.82, 2.24) is 10.2 Å². The molecule has 26 heavy (non-hydrogen) atoms. The van der Waals surface area contributed by atoms with Gasteiger partial charge in [0.2, 0.25) is 0 Å². The smallest absolute Gasteiger partial charge is 0.258 e. The van der Waals surface area contributed by atoms with Crippen molar-refractivity contribution >= 4 is 41.1 Å². The van der Waals surface area contributed by atoms with Gasteiger partial charge in [0.15, 0.2) is 0 Å². The number of fused-ring (bicyclic) bond motifs is 1. The molecule has 4 rings (SSSR count). The number of nitrogens with zero attached hydrogens (tertiary/aromatic N) is 1. The molecule has 4 nitrogen and oxygen atoms in total. The van der Waals surface area contributed by atoms with E-state index in [0.29, 0.717) is 16.6 Å². The first-order valence-corrected chi connectivity index (χ1v) is 9.15. The number of rotatable bonds is 3. The highest BCUT2D eigenvalue weighted by Crippen LogP contribution is 2.33. The largest absolute Gasteiger partial charge is 0.370 e. The van der Waals surface area contributed by atoms with Crippen LogP contribution in [0.3, 0.4) is 0 Å². The van der Waals surface area contributed by atoms with Gasteiger partial charge in [0.05, 0.1) is 10.0 Å². The number of carbonyl (C=O) groups excluding carboxylic acids is 2. The molecular formula is C20H16Cl2N2O2. The van der Waals surface area contributed by atoms with Crippen LogP contribution in [-0.2, 0) is 6.54 Å². The SMILES string of the molecule is O=C(NC(=O)c1cccc2c1C=CN(C1CC1)C2)c1ccc(Cl)c(Cl)c1. The van der Waals surface area contributed by atoms with Crippen molar-refractivity contribution in [2.75, 3.05) is 0 Å². The Morgan fingerprint density at radius 2 is 1.85 bits per heavy atom. The molecule has 1 fully saturated rings. The number of hydrogen-bond acceptors (Lipinski definition) is 3. The zero-order chi connectivity index (χ0) is 18.3. The van der Waals surface area contributed by atoms with Gasteiger partial charge in [-0.25, -0.2) is 0 Å². The lowest BCUT2D eigenvalue weighted by Gasteiger charge is -2.26. The Kier molecular flexibility index (Phi) is 4.47. The Bertz CT molecular complexity index is 935. The van der Waals surface area contributed by atoms with Crippen molar-refractivity contribution in [1.29, 1.82) is 0 Å². The fourth-order valence-electron chi connectivity index (χ4n) is 3.10. The minimum absolute atomic E-state index is 0.270. The van der Waals surface area contributed by atoms with Gasteiger partial charge in [-0.1, -0.05) is 35.3 Å². The molecule has 2 amide bonds. The molecule has 0 aromatic heterocycles. The van der Waals surface area contributed by atoms with Gasteiger partial charge in [0.25, 0.3) is 11.8 Å². The second-order valence-corrected chi connectivity index (χ2v) is 7.32. The summed E-state index contributed by atoms with van der Waals surface area (Å²) in [6.07, 6.45) is 6.43. The van der Waals surface area contributed by atoms with Crippen molar-refractivity contribution in [2.24, 2.45) is 0 Å². The summed E-state index contributed by atoms with van der Waals surface area (Å²) < 4.78 is 0. The van der Waals surface area contributed by atoms with Gasteiger partial charge in [-0.3, -0.25) is 14.9 Å². The minimum atomic E-state index is -0.509. The summed E-state index contributed by atoms with van der Waals surface area (Å²) in [5.74, 6) is -0.937. The molecule has 0 unspecified atom stereocenters. The van der Waals surface area contributed by atoms with Crippen LogP contribution in [0, 0.1) is 0 Å². The van der Waals surface area contributed by atoms with Gasteiger partial charge >= 0.3 is 0 Å². The van der Waals surface area contributed by atoms with E-state index in [-0.39, 0.29) is 10.6 Å². The molecule has 6 heteroatoms. The second-order valence-electron chi connectivity index (χ2n) is 6.51. The van der Waals surface area contributed by atoms with Gasteiger partial charge < -0.3 is 4.90 Å². The van der Waals surface area contributed by atoms with E-state index in [9.17, 15) is 9.59 Å². The summed E-state index contributed by atoms with van der Waals surface area (Å²) in [5.41, 5.74) is 2.73. The molecule has 0 spiro atoms. The lowest BCUT2D eigenvalue weighted by molar-refractivity contribution is 0.0849. The molecule has 0 radical (unpaired) electrons. The Hall–Kier alpha value is -2.30. The fraction of sp³-hybridized carbons (Fsp3) is 0.200. The highest BCUT2D eigenvalue weighted by molar-refractivity contribution is 6.42. The topological polar surface area (TPSA) is 49.4 Å². The lowest BCUT2D eigenvalue weighted by Crippen LogP contribution is -2.32. The third-order valence-corrected chi connectivity index (χ3v) is 5.39. The van der Waals surface area contributed by atoms with Crippen LogP contribution >= 0.6 is 23.2 Å². The Morgan fingerprint density at radius 3 is 2.58 bits per heavy atom. The molecule has 1 aliphatic heterocycles. The van der Waals surface area contributed by atoms with Crippen LogP contribution in [-0.4, -0.2) is 22.8 Å². The third kappa shape index (κ3) is 3.35. The maximum Gasteiger partial charge on any atom is 0.258 e. The Morgan fingerprint density at radius 1 is 1.04 bits per heavy atom. The summed E-state index contributed by atoms with van der Waals surface area (Å²) in [6.45, 7) is 0.790. The van der Waals surface area contributed by atoms with E-state index in [1.54, 1.807) is 6.07 Å². The van der Waals surface area contributed by atoms with Crippen LogP contribution in [0.15, 0.2) is 42.6 Å². The first-order valence-electron chi connectivity index (χ1n) is 8.39. The maximum absolute atomic E-state index is 12.6. The molecule has 0 bridgehead atoms. The van der Waals surface area contributed by atoms with Gasteiger partial charge in [-0.15, -0.1) is 0 Å². The van der Waals surface area contributed by atoms with E-state index in [2.05, 4.69) is 10.2 Å². The first kappa shape index (κ1) is 17.1. The monoisotopic (exact) mass is 386 g/mol. The van der Waals surface area contributed by atoms with Gasteiger partial charge in [-0.2, -0.15) is 0 Å². The van der Waals surface area contributed by atoms with Gasteiger partial charge in [-0.05, 0) is 54.3 Å². The summed E-state index contributed by atoms with van der Waals surface area (Å²) in [5, 5.41) is 3.06. The Balaban J connectivity index is 1.54. The van der Waals surface area contributed by atoms with Crippen LogP contribution in [0.4, 0.5) is 0 Å². The standard InChI is InChI=1S/C20H16Cl2N2O2/c21-17-7-4-12(10-18(17)22)19(25)23-20(26)16-3-1-2-13-11-24(14-5-6-14)9-8-15(13)16/h1-4,7-10,14H,5-6,11H2,(H,23,25,26). The summed E-state index contributed by atoms with van der Waals surface area (Å²) >= 11 is 11.8. The van der Waals surface area contributed by atoms with Crippen molar-refractivity contribution < 1.29 is 9.59 Å². The highest BCUT2D eigenvalue weighted by Gasteiger charge is 2.29. The van der Waals surface area contributed by atoms with Crippen molar-refractivity contribution in [3.8, 4) is 0 Å². The summed E-state index contributed by atoms with van der Waals surface area (Å²) in [4.78, 5) is 27.3. The van der Waals surface area contributed by atoms with E-state index in [1.165, 1.54) is 31.0 Å². The molecule has 2 aliphatic rings. The van der Waals surface area contributed by atoms with Crippen molar-refractivity contribution in [3.63, 3.8) is 0 Å². The van der Waals surface area contributed by atoms with Gasteiger partial charge in [0.1, 0.15) is 0 Å². The molecule has 2 aromatic rings. The summed E-state index contributed by atoms with van der Waals surface area (Å²) in [7, 11) is 0. The molecule has 1 heterocycles. The van der Waals surface area contributed by atoms with Crippen molar-refractivity contribution in [3.05, 3.63) is 74.9 Å². The number of imide groups is 1. The van der Waals surface area contributed by atoms with E-state index in [4.69, 9.17) is 23.2 Å². The minimum Gasteiger partial charge on any atom is -0.370 e. The quantitative estimate of drug-likeness (QED) is 0.789. The molecule has 0 atom stereocenters. The average Bonchev–Trinajstić information content (AvgIpc) is 3.48. The molecule has 1 saturated carbocycles. The molecule has 132 valence electrons. The van der Waals surface area contributed by atoms with Crippen LogP contribution in [0.2, 0.25) is 10.0 Å². The van der Waals surface area contributed by atoms with E-state index in [0.717, 1.165) is 17.7 Å². The number of hydrogen-bond donors (Lipinski definition) is 1. The Labute approximate surface area is 161 Å². The van der Waals surface area contributed by atoms with Gasteiger partial charge in [0, 0.05) is 29.9 Å². The summed E-state index contributed by atoms with van der Waals surface area (Å²) in [6, 6.07) is 10.7. The molecule has 1 aliphatic carbocycles. The predicted molar refractivity (Wildman–Crippen MR) is 102 cm³/mol.